The number of fused-ring (bicyclic) bond motifs is 5. The van der Waals surface area contributed by atoms with Gasteiger partial charge in [0.15, 0.2) is 6.61 Å². The maximum absolute atomic E-state index is 13.0. The number of hydrogen-bond acceptors (Lipinski definition) is 5. The van der Waals surface area contributed by atoms with E-state index in [4.69, 9.17) is 4.74 Å². The Morgan fingerprint density at radius 1 is 1.10 bits per heavy atom. The number of carbonyl (C=O) groups is 4. The molecule has 7 nitrogen and oxygen atoms in total. The van der Waals surface area contributed by atoms with Gasteiger partial charge in [0.1, 0.15) is 11.9 Å². The smallest absolute Gasteiger partial charge is 0.330 e. The SMILES string of the molecule is CC(C)[C@H](C(=O)OCC(=O)Nc1ccc(F)cc1)N1C(=O)[C@@H]2[C@H]3CC[C@@H](C3)[C@H]2C1=O. The number of nitrogens with one attached hydrogen (secondary N) is 1. The molecule has 1 aromatic carbocycles. The molecule has 30 heavy (non-hydrogen) atoms. The van der Waals surface area contributed by atoms with Crippen LogP contribution in [0.3, 0.4) is 0 Å². The number of esters is 1. The molecule has 2 saturated carbocycles. The van der Waals surface area contributed by atoms with Gasteiger partial charge in [-0.05, 0) is 61.3 Å². The molecule has 0 spiro atoms. The largest absolute Gasteiger partial charge is 0.454 e. The Hall–Kier alpha value is -2.77. The lowest BCUT2D eigenvalue weighted by Crippen LogP contribution is -2.50. The molecule has 1 N–H and O–H groups in total. The first-order chi connectivity index (χ1) is 14.3. The van der Waals surface area contributed by atoms with Crippen LogP contribution in [0, 0.1) is 35.4 Å². The predicted octanol–water partition coefficient (Wildman–Crippen LogP) is 2.36. The number of nitrogens with zero attached hydrogens (tertiary/aromatic N) is 1. The highest BCUT2D eigenvalue weighted by Gasteiger charge is 2.62. The van der Waals surface area contributed by atoms with Crippen molar-refractivity contribution >= 4 is 29.4 Å². The highest BCUT2D eigenvalue weighted by atomic mass is 19.1. The lowest BCUT2D eigenvalue weighted by molar-refractivity contribution is -0.162. The number of anilines is 1. The minimum Gasteiger partial charge on any atom is -0.454 e. The molecule has 1 aliphatic heterocycles. The normalized spacial score (nSPS) is 28.1. The molecule has 2 bridgehead atoms. The maximum Gasteiger partial charge on any atom is 0.330 e. The van der Waals surface area contributed by atoms with Crippen molar-refractivity contribution in [3.05, 3.63) is 30.1 Å². The summed E-state index contributed by atoms with van der Waals surface area (Å²) in [5, 5.41) is 2.50. The summed E-state index contributed by atoms with van der Waals surface area (Å²) in [5.41, 5.74) is 0.367. The van der Waals surface area contributed by atoms with Crippen LogP contribution in [0.2, 0.25) is 0 Å². The van der Waals surface area contributed by atoms with Gasteiger partial charge in [-0.15, -0.1) is 0 Å². The summed E-state index contributed by atoms with van der Waals surface area (Å²) in [5.74, 6) is -2.86. The minimum absolute atomic E-state index is 0.228. The summed E-state index contributed by atoms with van der Waals surface area (Å²) >= 11 is 0. The minimum atomic E-state index is -1.05. The number of carbonyl (C=O) groups excluding carboxylic acids is 4. The Kier molecular flexibility index (Phi) is 5.34. The molecule has 5 atom stereocenters. The second kappa shape index (κ2) is 7.81. The Morgan fingerprint density at radius 3 is 2.20 bits per heavy atom. The number of rotatable bonds is 6. The van der Waals surface area contributed by atoms with Gasteiger partial charge in [-0.3, -0.25) is 19.3 Å². The fraction of sp³-hybridized carbons (Fsp3) is 0.545. The summed E-state index contributed by atoms with van der Waals surface area (Å²) in [6.45, 7) is 2.93. The van der Waals surface area contributed by atoms with Gasteiger partial charge < -0.3 is 10.1 Å². The quantitative estimate of drug-likeness (QED) is 0.568. The average Bonchev–Trinajstić information content (AvgIpc) is 3.38. The van der Waals surface area contributed by atoms with Gasteiger partial charge in [0.05, 0.1) is 11.8 Å². The summed E-state index contributed by atoms with van der Waals surface area (Å²) in [4.78, 5) is 52.0. The molecule has 3 aliphatic rings. The van der Waals surface area contributed by atoms with Crippen LogP contribution in [0.1, 0.15) is 33.1 Å². The van der Waals surface area contributed by atoms with Crippen LogP contribution in [0.4, 0.5) is 10.1 Å². The van der Waals surface area contributed by atoms with Crippen LogP contribution in [0.5, 0.6) is 0 Å². The molecule has 1 saturated heterocycles. The number of likely N-dealkylation sites (tertiary alicyclic amines) is 1. The van der Waals surface area contributed by atoms with E-state index in [0.717, 1.165) is 24.2 Å². The van der Waals surface area contributed by atoms with Gasteiger partial charge in [-0.25, -0.2) is 9.18 Å². The van der Waals surface area contributed by atoms with Crippen LogP contribution in [0.25, 0.3) is 0 Å². The van der Waals surface area contributed by atoms with Crippen LogP contribution >= 0.6 is 0 Å². The van der Waals surface area contributed by atoms with E-state index in [9.17, 15) is 23.6 Å². The summed E-state index contributed by atoms with van der Waals surface area (Å²) in [7, 11) is 0. The highest BCUT2D eigenvalue weighted by Crippen LogP contribution is 2.56. The monoisotopic (exact) mass is 416 g/mol. The lowest BCUT2D eigenvalue weighted by atomic mass is 9.81. The molecule has 1 heterocycles. The third-order valence-corrected chi connectivity index (χ3v) is 6.59. The molecule has 0 radical (unpaired) electrons. The van der Waals surface area contributed by atoms with E-state index in [2.05, 4.69) is 5.32 Å². The number of benzene rings is 1. The molecule has 160 valence electrons. The molecule has 2 aliphatic carbocycles. The van der Waals surface area contributed by atoms with Crippen molar-refractivity contribution in [2.75, 3.05) is 11.9 Å². The van der Waals surface area contributed by atoms with Crippen LogP contribution < -0.4 is 5.32 Å². The Balaban J connectivity index is 1.41. The van der Waals surface area contributed by atoms with E-state index < -0.39 is 30.3 Å². The van der Waals surface area contributed by atoms with Crippen molar-refractivity contribution in [1.29, 1.82) is 0 Å². The van der Waals surface area contributed by atoms with E-state index in [-0.39, 0.29) is 41.4 Å². The van der Waals surface area contributed by atoms with Crippen molar-refractivity contribution in [3.63, 3.8) is 0 Å². The van der Waals surface area contributed by atoms with Gasteiger partial charge in [0.2, 0.25) is 11.8 Å². The zero-order chi connectivity index (χ0) is 21.6. The van der Waals surface area contributed by atoms with Gasteiger partial charge in [0.25, 0.3) is 5.91 Å². The van der Waals surface area contributed by atoms with Gasteiger partial charge in [0, 0.05) is 5.69 Å². The molecule has 1 aromatic rings. The van der Waals surface area contributed by atoms with E-state index in [1.54, 1.807) is 13.8 Å². The van der Waals surface area contributed by atoms with Crippen LogP contribution in [-0.2, 0) is 23.9 Å². The van der Waals surface area contributed by atoms with Gasteiger partial charge in [-0.2, -0.15) is 0 Å². The van der Waals surface area contributed by atoms with Crippen LogP contribution in [-0.4, -0.2) is 41.2 Å². The second-order valence-corrected chi connectivity index (χ2v) is 8.78. The molecular formula is C22H25FN2O5. The Morgan fingerprint density at radius 2 is 1.67 bits per heavy atom. The van der Waals surface area contributed by atoms with E-state index in [1.165, 1.54) is 24.3 Å². The van der Waals surface area contributed by atoms with Crippen molar-refractivity contribution < 1.29 is 28.3 Å². The summed E-state index contributed by atoms with van der Waals surface area (Å²) in [6, 6.07) is 4.13. The molecular weight excluding hydrogens is 391 g/mol. The Labute approximate surface area is 173 Å². The summed E-state index contributed by atoms with van der Waals surface area (Å²) in [6.07, 6.45) is 2.83. The van der Waals surface area contributed by atoms with Crippen molar-refractivity contribution in [1.82, 2.24) is 4.90 Å². The van der Waals surface area contributed by atoms with Crippen molar-refractivity contribution in [2.45, 2.75) is 39.2 Å². The van der Waals surface area contributed by atoms with Gasteiger partial charge >= 0.3 is 5.97 Å². The third-order valence-electron chi connectivity index (χ3n) is 6.59. The molecule has 8 heteroatoms. The van der Waals surface area contributed by atoms with Crippen molar-refractivity contribution in [2.24, 2.45) is 29.6 Å². The Bertz CT molecular complexity index is 856. The molecule has 0 aromatic heterocycles. The number of imide groups is 1. The number of halogens is 1. The standard InChI is InChI=1S/C22H25FN2O5/c1-11(2)19(22(29)30-10-16(26)24-15-7-5-14(23)6-8-15)25-20(27)17-12-3-4-13(9-12)18(17)21(25)28/h5-8,11-13,17-19H,3-4,9-10H2,1-2H3,(H,24,26)/t12-,13-,17+,18+,19+/m0/s1. The number of ether oxygens (including phenoxy) is 1. The zero-order valence-corrected chi connectivity index (χ0v) is 17.0. The maximum atomic E-state index is 13.0. The predicted molar refractivity (Wildman–Crippen MR) is 104 cm³/mol. The highest BCUT2D eigenvalue weighted by molar-refractivity contribution is 6.08. The molecule has 3 amide bonds. The average molecular weight is 416 g/mol. The molecule has 0 unspecified atom stereocenters. The third kappa shape index (κ3) is 3.48. The fourth-order valence-corrected chi connectivity index (χ4v) is 5.33. The fourth-order valence-electron chi connectivity index (χ4n) is 5.33. The first kappa shape index (κ1) is 20.5. The zero-order valence-electron chi connectivity index (χ0n) is 17.0. The van der Waals surface area contributed by atoms with Crippen LogP contribution in [0.15, 0.2) is 24.3 Å². The van der Waals surface area contributed by atoms with Gasteiger partial charge in [-0.1, -0.05) is 13.8 Å². The molecule has 3 fully saturated rings. The number of hydrogen-bond donors (Lipinski definition) is 1. The lowest BCUT2D eigenvalue weighted by Gasteiger charge is -2.28. The second-order valence-electron chi connectivity index (χ2n) is 8.78. The first-order valence-corrected chi connectivity index (χ1v) is 10.4. The van der Waals surface area contributed by atoms with E-state index in [1.807, 2.05) is 0 Å². The molecule has 4 rings (SSSR count). The first-order valence-electron chi connectivity index (χ1n) is 10.4. The van der Waals surface area contributed by atoms with E-state index >= 15 is 0 Å². The van der Waals surface area contributed by atoms with E-state index in [0.29, 0.717) is 5.69 Å². The van der Waals surface area contributed by atoms with Crippen molar-refractivity contribution in [3.8, 4) is 0 Å². The number of amides is 3. The summed E-state index contributed by atoms with van der Waals surface area (Å²) < 4.78 is 18.1. The topological polar surface area (TPSA) is 92.8 Å².